The van der Waals surface area contributed by atoms with Crippen molar-refractivity contribution in [2.75, 3.05) is 7.11 Å². The molecule has 1 aliphatic rings. The van der Waals surface area contributed by atoms with Crippen molar-refractivity contribution in [2.24, 2.45) is 17.8 Å². The van der Waals surface area contributed by atoms with Crippen molar-refractivity contribution in [2.45, 2.75) is 25.9 Å². The number of ether oxygens (including phenoxy) is 1. The summed E-state index contributed by atoms with van der Waals surface area (Å²) in [5.74, 6) is 0.390. The number of nitriles is 2. The van der Waals surface area contributed by atoms with Crippen LogP contribution in [0.4, 0.5) is 0 Å². The van der Waals surface area contributed by atoms with Gasteiger partial charge in [0.1, 0.15) is 0 Å². The first-order valence-corrected chi connectivity index (χ1v) is 5.15. The van der Waals surface area contributed by atoms with E-state index in [1.165, 1.54) is 0 Å². The second-order valence-electron chi connectivity index (χ2n) is 4.21. The number of methoxy groups -OCH3 is 1. The lowest BCUT2D eigenvalue weighted by Gasteiger charge is -2.35. The summed E-state index contributed by atoms with van der Waals surface area (Å²) in [5.41, 5.74) is 0.611. The van der Waals surface area contributed by atoms with Crippen molar-refractivity contribution in [1.82, 2.24) is 0 Å². The van der Waals surface area contributed by atoms with Gasteiger partial charge in [-0.3, -0.25) is 0 Å². The van der Waals surface area contributed by atoms with E-state index in [2.05, 4.69) is 18.7 Å². The molecule has 4 unspecified atom stereocenters. The fourth-order valence-corrected chi connectivity index (χ4v) is 2.31. The van der Waals surface area contributed by atoms with Crippen LogP contribution in [0.1, 0.15) is 19.8 Å². The van der Waals surface area contributed by atoms with E-state index in [0.717, 1.165) is 12.8 Å². The molecule has 0 aliphatic heterocycles. The second-order valence-corrected chi connectivity index (χ2v) is 4.21. The maximum atomic E-state index is 9.03. The van der Waals surface area contributed by atoms with Crippen LogP contribution < -0.4 is 0 Å². The predicted octanol–water partition coefficient (Wildman–Crippen LogP) is 2.27. The Morgan fingerprint density at radius 2 is 2.07 bits per heavy atom. The van der Waals surface area contributed by atoms with Crippen molar-refractivity contribution in [3.8, 4) is 12.1 Å². The molecule has 0 heterocycles. The van der Waals surface area contributed by atoms with Crippen LogP contribution in [0, 0.1) is 40.4 Å². The van der Waals surface area contributed by atoms with Crippen LogP contribution >= 0.6 is 0 Å². The number of nitrogens with zero attached hydrogens (tertiary/aromatic N) is 2. The second kappa shape index (κ2) is 4.96. The molecule has 0 N–H and O–H groups in total. The van der Waals surface area contributed by atoms with Crippen molar-refractivity contribution in [1.29, 1.82) is 10.5 Å². The van der Waals surface area contributed by atoms with Crippen LogP contribution in [0.5, 0.6) is 0 Å². The molecule has 0 saturated heterocycles. The summed E-state index contributed by atoms with van der Waals surface area (Å²) in [4.78, 5) is 0. The SMILES string of the molecule is C=C(C#N)C1CC(C)C(C#N)C(OC)C1. The van der Waals surface area contributed by atoms with E-state index in [-0.39, 0.29) is 23.9 Å². The summed E-state index contributed by atoms with van der Waals surface area (Å²) in [5, 5.41) is 17.8. The zero-order valence-corrected chi connectivity index (χ0v) is 9.23. The predicted molar refractivity (Wildman–Crippen MR) is 56.5 cm³/mol. The number of allylic oxidation sites excluding steroid dienone is 1. The van der Waals surface area contributed by atoms with Crippen LogP contribution in [0.3, 0.4) is 0 Å². The van der Waals surface area contributed by atoms with Gasteiger partial charge in [0.05, 0.1) is 24.2 Å². The third-order valence-corrected chi connectivity index (χ3v) is 3.27. The Labute approximate surface area is 91.0 Å². The van der Waals surface area contributed by atoms with Gasteiger partial charge < -0.3 is 4.74 Å². The highest BCUT2D eigenvalue weighted by Gasteiger charge is 2.36. The van der Waals surface area contributed by atoms with E-state index in [1.54, 1.807) is 7.11 Å². The Morgan fingerprint density at radius 1 is 1.40 bits per heavy atom. The molecular formula is C12H16N2O. The largest absolute Gasteiger partial charge is 0.380 e. The number of rotatable bonds is 2. The average molecular weight is 204 g/mol. The van der Waals surface area contributed by atoms with E-state index in [0.29, 0.717) is 5.57 Å². The van der Waals surface area contributed by atoms with Gasteiger partial charge in [-0.15, -0.1) is 0 Å². The molecule has 1 fully saturated rings. The maximum absolute atomic E-state index is 9.03. The molecule has 0 aromatic rings. The van der Waals surface area contributed by atoms with Crippen molar-refractivity contribution in [3.05, 3.63) is 12.2 Å². The van der Waals surface area contributed by atoms with E-state index in [1.807, 2.05) is 6.92 Å². The van der Waals surface area contributed by atoms with Gasteiger partial charge in [-0.2, -0.15) is 10.5 Å². The molecule has 3 nitrogen and oxygen atoms in total. The zero-order valence-electron chi connectivity index (χ0n) is 9.23. The van der Waals surface area contributed by atoms with Gasteiger partial charge in [0, 0.05) is 12.7 Å². The van der Waals surface area contributed by atoms with E-state index in [9.17, 15) is 0 Å². The Morgan fingerprint density at radius 3 is 2.53 bits per heavy atom. The first kappa shape index (κ1) is 11.8. The Bertz CT molecular complexity index is 323. The quantitative estimate of drug-likeness (QED) is 0.648. The van der Waals surface area contributed by atoms with Crippen LogP contribution in [0.15, 0.2) is 12.2 Å². The zero-order chi connectivity index (χ0) is 11.4. The highest BCUT2D eigenvalue weighted by atomic mass is 16.5. The van der Waals surface area contributed by atoms with Crippen LogP contribution in [0.25, 0.3) is 0 Å². The highest BCUT2D eigenvalue weighted by Crippen LogP contribution is 2.37. The normalized spacial score (nSPS) is 35.2. The monoisotopic (exact) mass is 204 g/mol. The third-order valence-electron chi connectivity index (χ3n) is 3.27. The van der Waals surface area contributed by atoms with Gasteiger partial charge in [0.25, 0.3) is 0 Å². The van der Waals surface area contributed by atoms with Crippen LogP contribution in [-0.4, -0.2) is 13.2 Å². The third kappa shape index (κ3) is 2.37. The minimum Gasteiger partial charge on any atom is -0.380 e. The van der Waals surface area contributed by atoms with E-state index < -0.39 is 0 Å². The molecule has 0 bridgehead atoms. The van der Waals surface area contributed by atoms with Gasteiger partial charge in [-0.1, -0.05) is 13.5 Å². The number of hydrogen-bond donors (Lipinski definition) is 0. The fourth-order valence-electron chi connectivity index (χ4n) is 2.31. The van der Waals surface area contributed by atoms with Crippen molar-refractivity contribution in [3.63, 3.8) is 0 Å². The lowest BCUT2D eigenvalue weighted by molar-refractivity contribution is 0.00859. The van der Waals surface area contributed by atoms with Crippen LogP contribution in [0.2, 0.25) is 0 Å². The number of hydrogen-bond acceptors (Lipinski definition) is 3. The lowest BCUT2D eigenvalue weighted by Crippen LogP contribution is -2.36. The summed E-state index contributed by atoms with van der Waals surface area (Å²) >= 11 is 0. The highest BCUT2D eigenvalue weighted by molar-refractivity contribution is 5.21. The molecule has 0 spiro atoms. The van der Waals surface area contributed by atoms with Crippen molar-refractivity contribution < 1.29 is 4.74 Å². The summed E-state index contributed by atoms with van der Waals surface area (Å²) in [7, 11) is 1.62. The first-order valence-electron chi connectivity index (χ1n) is 5.15. The molecule has 4 atom stereocenters. The molecule has 0 amide bonds. The van der Waals surface area contributed by atoms with Gasteiger partial charge in [-0.25, -0.2) is 0 Å². The summed E-state index contributed by atoms with van der Waals surface area (Å²) in [6, 6.07) is 4.39. The van der Waals surface area contributed by atoms with Gasteiger partial charge >= 0.3 is 0 Å². The average Bonchev–Trinajstić information content (AvgIpc) is 2.26. The van der Waals surface area contributed by atoms with Gasteiger partial charge in [0.15, 0.2) is 0 Å². The van der Waals surface area contributed by atoms with Crippen molar-refractivity contribution >= 4 is 0 Å². The Kier molecular flexibility index (Phi) is 3.88. The molecular weight excluding hydrogens is 188 g/mol. The van der Waals surface area contributed by atoms with Gasteiger partial charge in [0.2, 0.25) is 0 Å². The standard InChI is InChI=1S/C12H16N2O/c1-8-4-10(9(2)6-13)5-12(15-3)11(8)7-14/h8,10-12H,2,4-5H2,1,3H3. The smallest absolute Gasteiger partial charge is 0.0943 e. The maximum Gasteiger partial charge on any atom is 0.0943 e. The lowest BCUT2D eigenvalue weighted by atomic mass is 9.71. The first-order chi connectivity index (χ1) is 7.13. The minimum absolute atomic E-state index is 0.0576. The molecule has 3 heteroatoms. The molecule has 80 valence electrons. The minimum atomic E-state index is -0.0613. The van der Waals surface area contributed by atoms with E-state index >= 15 is 0 Å². The fraction of sp³-hybridized carbons (Fsp3) is 0.667. The summed E-state index contributed by atoms with van der Waals surface area (Å²) in [6.45, 7) is 5.79. The molecule has 0 aromatic heterocycles. The molecule has 1 rings (SSSR count). The molecule has 1 saturated carbocycles. The topological polar surface area (TPSA) is 56.8 Å². The Hall–Kier alpha value is -1.32. The van der Waals surface area contributed by atoms with Crippen LogP contribution in [-0.2, 0) is 4.74 Å². The molecule has 0 aromatic carbocycles. The molecule has 0 radical (unpaired) electrons. The molecule has 15 heavy (non-hydrogen) atoms. The summed E-state index contributed by atoms with van der Waals surface area (Å²) < 4.78 is 5.32. The Balaban J connectivity index is 2.77. The molecule has 1 aliphatic carbocycles. The van der Waals surface area contributed by atoms with Gasteiger partial charge in [-0.05, 0) is 24.7 Å². The summed E-state index contributed by atoms with van der Waals surface area (Å²) in [6.07, 6.45) is 1.55. The van der Waals surface area contributed by atoms with E-state index in [4.69, 9.17) is 15.3 Å².